The molecule has 94 valence electrons. The Balaban J connectivity index is 2.55. The first-order chi connectivity index (χ1) is 8.02. The van der Waals surface area contributed by atoms with Crippen molar-refractivity contribution in [1.82, 2.24) is 0 Å². The van der Waals surface area contributed by atoms with Crippen LogP contribution in [0.4, 0.5) is 5.69 Å². The van der Waals surface area contributed by atoms with Crippen LogP contribution in [-0.2, 0) is 9.53 Å². The van der Waals surface area contributed by atoms with Crippen LogP contribution in [0.25, 0.3) is 0 Å². The van der Waals surface area contributed by atoms with Gasteiger partial charge in [-0.05, 0) is 54.6 Å². The molecule has 0 fully saturated rings. The molecule has 0 aliphatic carbocycles. The number of benzene rings is 1. The molecule has 1 rings (SSSR count). The smallest absolute Gasteiger partial charge is 0.307 e. The van der Waals surface area contributed by atoms with Gasteiger partial charge in [-0.25, -0.2) is 0 Å². The van der Waals surface area contributed by atoms with Gasteiger partial charge < -0.3 is 10.1 Å². The third-order valence-corrected chi connectivity index (χ3v) is 3.24. The summed E-state index contributed by atoms with van der Waals surface area (Å²) in [7, 11) is 0. The van der Waals surface area contributed by atoms with Crippen LogP contribution in [0.3, 0.4) is 0 Å². The predicted octanol–water partition coefficient (Wildman–Crippen LogP) is 3.70. The maximum absolute atomic E-state index is 11.3. The number of hydrogen-bond donors (Lipinski definition) is 1. The Bertz CT molecular complexity index is 398. The van der Waals surface area contributed by atoms with Crippen LogP contribution in [0.5, 0.6) is 0 Å². The monoisotopic (exact) mass is 367 g/mol. The summed E-state index contributed by atoms with van der Waals surface area (Å²) in [5.41, 5.74) is 0.979. The molecular weight excluding hydrogens is 352 g/mol. The molecule has 3 nitrogen and oxygen atoms in total. The fourth-order valence-electron chi connectivity index (χ4n) is 1.39. The molecule has 1 N–H and O–H groups in total. The molecule has 5 heteroatoms. The largest absolute Gasteiger partial charge is 0.466 e. The Hall–Kier alpha value is -0.490. The molecule has 0 aliphatic heterocycles. The first-order valence-corrected chi connectivity index (χ1v) is 6.85. The summed E-state index contributed by atoms with van der Waals surface area (Å²) in [5, 5.41) is 3.97. The second kappa shape index (κ2) is 7.06. The van der Waals surface area contributed by atoms with Crippen molar-refractivity contribution in [1.29, 1.82) is 0 Å². The van der Waals surface area contributed by atoms with Gasteiger partial charge in [0.1, 0.15) is 0 Å². The van der Waals surface area contributed by atoms with E-state index in [2.05, 4.69) is 27.9 Å². The molecule has 0 bridgehead atoms. The molecule has 0 heterocycles. The van der Waals surface area contributed by atoms with Crippen LogP contribution in [0, 0.1) is 3.57 Å². The Morgan fingerprint density at radius 2 is 2.29 bits per heavy atom. The van der Waals surface area contributed by atoms with Crippen LogP contribution in [0.15, 0.2) is 18.2 Å². The summed E-state index contributed by atoms with van der Waals surface area (Å²) in [6, 6.07) is 5.64. The number of carbonyl (C=O) groups is 1. The fourth-order valence-corrected chi connectivity index (χ4v) is 2.42. The first-order valence-electron chi connectivity index (χ1n) is 5.40. The summed E-state index contributed by atoms with van der Waals surface area (Å²) in [6.07, 6.45) is 0.354. The van der Waals surface area contributed by atoms with E-state index in [1.807, 2.05) is 25.1 Å². The fraction of sp³-hybridized carbons (Fsp3) is 0.417. The summed E-state index contributed by atoms with van der Waals surface area (Å²) in [5.74, 6) is -0.184. The van der Waals surface area contributed by atoms with Crippen LogP contribution >= 0.6 is 34.2 Å². The molecule has 1 atom stereocenters. The van der Waals surface area contributed by atoms with Gasteiger partial charge in [0.25, 0.3) is 0 Å². The highest BCUT2D eigenvalue weighted by Crippen LogP contribution is 2.23. The van der Waals surface area contributed by atoms with E-state index in [9.17, 15) is 4.79 Å². The van der Waals surface area contributed by atoms with E-state index in [0.717, 1.165) is 9.26 Å². The molecule has 17 heavy (non-hydrogen) atoms. The van der Waals surface area contributed by atoms with Gasteiger partial charge in [-0.3, -0.25) is 4.79 Å². The number of carbonyl (C=O) groups excluding carboxylic acids is 1. The average Bonchev–Trinajstić information content (AvgIpc) is 2.22. The van der Waals surface area contributed by atoms with Crippen LogP contribution < -0.4 is 5.32 Å². The maximum atomic E-state index is 11.3. The molecule has 0 saturated carbocycles. The van der Waals surface area contributed by atoms with Gasteiger partial charge in [0.2, 0.25) is 0 Å². The van der Waals surface area contributed by atoms with Gasteiger partial charge in [0, 0.05) is 20.3 Å². The lowest BCUT2D eigenvalue weighted by Gasteiger charge is -2.15. The van der Waals surface area contributed by atoms with Crippen molar-refractivity contribution >= 4 is 45.8 Å². The molecule has 0 saturated heterocycles. The number of ether oxygens (including phenoxy) is 1. The molecule has 1 aromatic carbocycles. The van der Waals surface area contributed by atoms with Gasteiger partial charge in [-0.15, -0.1) is 0 Å². The number of esters is 1. The van der Waals surface area contributed by atoms with E-state index in [-0.39, 0.29) is 12.0 Å². The van der Waals surface area contributed by atoms with Gasteiger partial charge in [-0.1, -0.05) is 11.6 Å². The standard InChI is InChI=1S/C12H15ClINO2/c1-3-17-12(16)6-8(2)15-11-5-4-9(13)7-10(11)14/h4-5,7-8,15H,3,6H2,1-2H3. The quantitative estimate of drug-likeness (QED) is 0.637. The minimum Gasteiger partial charge on any atom is -0.466 e. The highest BCUT2D eigenvalue weighted by atomic mass is 127. The zero-order valence-electron chi connectivity index (χ0n) is 9.80. The van der Waals surface area contributed by atoms with Crippen LogP contribution in [-0.4, -0.2) is 18.6 Å². The second-order valence-corrected chi connectivity index (χ2v) is 5.28. The Morgan fingerprint density at radius 3 is 2.88 bits per heavy atom. The SMILES string of the molecule is CCOC(=O)CC(C)Nc1ccc(Cl)cc1I. The minimum atomic E-state index is -0.184. The normalized spacial score (nSPS) is 12.0. The van der Waals surface area contributed by atoms with E-state index in [1.165, 1.54) is 0 Å². The number of nitrogens with one attached hydrogen (secondary N) is 1. The van der Waals surface area contributed by atoms with Crippen molar-refractivity contribution in [3.63, 3.8) is 0 Å². The molecule has 0 amide bonds. The number of halogens is 2. The van der Waals surface area contributed by atoms with Gasteiger partial charge in [0.15, 0.2) is 0 Å². The Labute approximate surface area is 120 Å². The van der Waals surface area contributed by atoms with Crippen molar-refractivity contribution in [3.05, 3.63) is 26.8 Å². The Kier molecular flexibility index (Phi) is 6.05. The molecular formula is C12H15ClINO2. The number of rotatable bonds is 5. The third kappa shape index (κ3) is 5.12. The second-order valence-electron chi connectivity index (χ2n) is 3.68. The lowest BCUT2D eigenvalue weighted by Crippen LogP contribution is -2.21. The highest BCUT2D eigenvalue weighted by molar-refractivity contribution is 14.1. The average molecular weight is 368 g/mol. The van der Waals surface area contributed by atoms with Gasteiger partial charge >= 0.3 is 5.97 Å². The van der Waals surface area contributed by atoms with Gasteiger partial charge in [0.05, 0.1) is 13.0 Å². The van der Waals surface area contributed by atoms with Crippen molar-refractivity contribution < 1.29 is 9.53 Å². The maximum Gasteiger partial charge on any atom is 0.307 e. The van der Waals surface area contributed by atoms with E-state index in [0.29, 0.717) is 18.1 Å². The Morgan fingerprint density at radius 1 is 1.59 bits per heavy atom. The van der Waals surface area contributed by atoms with Crippen LogP contribution in [0.1, 0.15) is 20.3 Å². The number of hydrogen-bond acceptors (Lipinski definition) is 3. The van der Waals surface area contributed by atoms with Crippen molar-refractivity contribution in [3.8, 4) is 0 Å². The first kappa shape index (κ1) is 14.6. The van der Waals surface area contributed by atoms with E-state index in [4.69, 9.17) is 16.3 Å². The van der Waals surface area contributed by atoms with E-state index >= 15 is 0 Å². The molecule has 0 radical (unpaired) electrons. The molecule has 1 unspecified atom stereocenters. The molecule has 1 aromatic rings. The lowest BCUT2D eigenvalue weighted by molar-refractivity contribution is -0.143. The summed E-state index contributed by atoms with van der Waals surface area (Å²) < 4.78 is 5.93. The highest BCUT2D eigenvalue weighted by Gasteiger charge is 2.11. The van der Waals surface area contributed by atoms with E-state index in [1.54, 1.807) is 6.92 Å². The summed E-state index contributed by atoms with van der Waals surface area (Å²) >= 11 is 8.08. The minimum absolute atomic E-state index is 0.0312. The topological polar surface area (TPSA) is 38.3 Å². The number of anilines is 1. The summed E-state index contributed by atoms with van der Waals surface area (Å²) in [4.78, 5) is 11.3. The molecule has 0 spiro atoms. The third-order valence-electron chi connectivity index (χ3n) is 2.11. The zero-order chi connectivity index (χ0) is 12.8. The predicted molar refractivity (Wildman–Crippen MR) is 78.5 cm³/mol. The van der Waals surface area contributed by atoms with Crippen molar-refractivity contribution in [2.45, 2.75) is 26.3 Å². The van der Waals surface area contributed by atoms with Crippen LogP contribution in [0.2, 0.25) is 5.02 Å². The summed E-state index contributed by atoms with van der Waals surface area (Å²) in [6.45, 7) is 4.17. The molecule has 0 aliphatic rings. The van der Waals surface area contributed by atoms with E-state index < -0.39 is 0 Å². The lowest BCUT2D eigenvalue weighted by atomic mass is 10.2. The van der Waals surface area contributed by atoms with Crippen molar-refractivity contribution in [2.24, 2.45) is 0 Å². The van der Waals surface area contributed by atoms with Crippen molar-refractivity contribution in [2.75, 3.05) is 11.9 Å². The zero-order valence-corrected chi connectivity index (χ0v) is 12.7. The molecule has 0 aromatic heterocycles. The van der Waals surface area contributed by atoms with Gasteiger partial charge in [-0.2, -0.15) is 0 Å².